The van der Waals surface area contributed by atoms with E-state index in [0.29, 0.717) is 18.2 Å². The second kappa shape index (κ2) is 5.69. The van der Waals surface area contributed by atoms with Crippen LogP contribution in [0.2, 0.25) is 0 Å². The van der Waals surface area contributed by atoms with Gasteiger partial charge in [0, 0.05) is 18.4 Å². The highest BCUT2D eigenvalue weighted by Crippen LogP contribution is 2.23. The maximum atomic E-state index is 10.7. The summed E-state index contributed by atoms with van der Waals surface area (Å²) in [7, 11) is 0. The van der Waals surface area contributed by atoms with Gasteiger partial charge in [-0.15, -0.1) is 0 Å². The molecule has 0 radical (unpaired) electrons. The number of nitrogens with zero attached hydrogens (tertiary/aromatic N) is 1. The Balaban J connectivity index is 2.11. The SMILES string of the molecule is CC(C)c1ccc(-c2cnc(CCC(N)=O)o2)cc1. The number of aromatic nitrogens is 1. The molecule has 2 aromatic rings. The third-order valence-corrected chi connectivity index (χ3v) is 3.00. The normalized spacial score (nSPS) is 10.9. The van der Waals surface area contributed by atoms with E-state index in [1.165, 1.54) is 5.56 Å². The van der Waals surface area contributed by atoms with Crippen molar-refractivity contribution < 1.29 is 9.21 Å². The second-order valence-electron chi connectivity index (χ2n) is 4.86. The molecule has 2 rings (SSSR count). The third-order valence-electron chi connectivity index (χ3n) is 3.00. The number of oxazole rings is 1. The maximum absolute atomic E-state index is 10.7. The predicted octanol–water partition coefficient (Wildman–Crippen LogP) is 2.88. The van der Waals surface area contributed by atoms with Crippen molar-refractivity contribution >= 4 is 5.91 Å². The molecule has 0 unspecified atom stereocenters. The fraction of sp³-hybridized carbons (Fsp3) is 0.333. The van der Waals surface area contributed by atoms with Crippen molar-refractivity contribution in [1.29, 1.82) is 0 Å². The highest BCUT2D eigenvalue weighted by molar-refractivity contribution is 5.73. The molecule has 0 aliphatic rings. The van der Waals surface area contributed by atoms with Gasteiger partial charge >= 0.3 is 0 Å². The molecule has 4 nitrogen and oxygen atoms in total. The van der Waals surface area contributed by atoms with Gasteiger partial charge in [-0.1, -0.05) is 38.1 Å². The first kappa shape index (κ1) is 13.3. The van der Waals surface area contributed by atoms with E-state index in [9.17, 15) is 4.79 Å². The van der Waals surface area contributed by atoms with Gasteiger partial charge in [-0.3, -0.25) is 4.79 Å². The van der Waals surface area contributed by atoms with Crippen LogP contribution < -0.4 is 5.73 Å². The van der Waals surface area contributed by atoms with Gasteiger partial charge in [-0.2, -0.15) is 0 Å². The van der Waals surface area contributed by atoms with Crippen molar-refractivity contribution in [2.45, 2.75) is 32.6 Å². The molecular formula is C15H18N2O2. The van der Waals surface area contributed by atoms with Crippen molar-refractivity contribution in [2.75, 3.05) is 0 Å². The van der Waals surface area contributed by atoms with E-state index >= 15 is 0 Å². The van der Waals surface area contributed by atoms with Crippen LogP contribution in [0, 0.1) is 0 Å². The average Bonchev–Trinajstić information content (AvgIpc) is 2.85. The van der Waals surface area contributed by atoms with Gasteiger partial charge in [0.05, 0.1) is 6.20 Å². The highest BCUT2D eigenvalue weighted by Gasteiger charge is 2.08. The summed E-state index contributed by atoms with van der Waals surface area (Å²) in [4.78, 5) is 14.9. The molecule has 0 aliphatic heterocycles. The molecule has 0 saturated heterocycles. The summed E-state index contributed by atoms with van der Waals surface area (Å²) in [6, 6.07) is 8.22. The summed E-state index contributed by atoms with van der Waals surface area (Å²) >= 11 is 0. The monoisotopic (exact) mass is 258 g/mol. The van der Waals surface area contributed by atoms with Gasteiger partial charge in [0.1, 0.15) is 0 Å². The van der Waals surface area contributed by atoms with Crippen LogP contribution in [0.4, 0.5) is 0 Å². The van der Waals surface area contributed by atoms with E-state index in [1.807, 2.05) is 12.1 Å². The minimum atomic E-state index is -0.346. The largest absolute Gasteiger partial charge is 0.441 e. The molecule has 1 heterocycles. The van der Waals surface area contributed by atoms with E-state index in [2.05, 4.69) is 31.0 Å². The van der Waals surface area contributed by atoms with E-state index < -0.39 is 0 Å². The Labute approximate surface area is 112 Å². The minimum Gasteiger partial charge on any atom is -0.441 e. The lowest BCUT2D eigenvalue weighted by Gasteiger charge is -2.05. The lowest BCUT2D eigenvalue weighted by molar-refractivity contribution is -0.118. The Kier molecular flexibility index (Phi) is 4.00. The van der Waals surface area contributed by atoms with Gasteiger partial charge in [0.15, 0.2) is 11.7 Å². The van der Waals surface area contributed by atoms with Gasteiger partial charge in [-0.05, 0) is 11.5 Å². The molecular weight excluding hydrogens is 240 g/mol. The number of aryl methyl sites for hydroxylation is 1. The molecule has 2 N–H and O–H groups in total. The quantitative estimate of drug-likeness (QED) is 0.896. The molecule has 100 valence electrons. The molecule has 0 atom stereocenters. The first-order valence-corrected chi connectivity index (χ1v) is 6.39. The third kappa shape index (κ3) is 3.44. The van der Waals surface area contributed by atoms with Gasteiger partial charge in [0.2, 0.25) is 5.91 Å². The maximum Gasteiger partial charge on any atom is 0.217 e. The van der Waals surface area contributed by atoms with E-state index in [4.69, 9.17) is 10.2 Å². The zero-order valence-electron chi connectivity index (χ0n) is 11.2. The summed E-state index contributed by atoms with van der Waals surface area (Å²) in [5.74, 6) is 1.42. The Morgan fingerprint density at radius 2 is 2.00 bits per heavy atom. The minimum absolute atomic E-state index is 0.256. The molecule has 1 amide bonds. The number of primary amides is 1. The Morgan fingerprint density at radius 3 is 2.58 bits per heavy atom. The second-order valence-corrected chi connectivity index (χ2v) is 4.86. The summed E-state index contributed by atoms with van der Waals surface area (Å²) in [5, 5.41) is 0. The zero-order valence-corrected chi connectivity index (χ0v) is 11.2. The van der Waals surface area contributed by atoms with Crippen LogP contribution in [-0.2, 0) is 11.2 Å². The van der Waals surface area contributed by atoms with Crippen molar-refractivity contribution in [3.8, 4) is 11.3 Å². The molecule has 0 spiro atoms. The van der Waals surface area contributed by atoms with E-state index in [1.54, 1.807) is 6.20 Å². The number of amides is 1. The van der Waals surface area contributed by atoms with Crippen LogP contribution in [-0.4, -0.2) is 10.9 Å². The first-order valence-electron chi connectivity index (χ1n) is 6.39. The topological polar surface area (TPSA) is 69.1 Å². The molecule has 0 saturated carbocycles. The molecule has 0 aliphatic carbocycles. The zero-order chi connectivity index (χ0) is 13.8. The lowest BCUT2D eigenvalue weighted by atomic mass is 10.0. The average molecular weight is 258 g/mol. The standard InChI is InChI=1S/C15H18N2O2/c1-10(2)11-3-5-12(6-4-11)13-9-17-15(19-13)8-7-14(16)18/h3-6,9-10H,7-8H2,1-2H3,(H2,16,18). The fourth-order valence-electron chi connectivity index (χ4n) is 1.82. The Bertz CT molecular complexity index is 556. The summed E-state index contributed by atoms with van der Waals surface area (Å²) in [6.45, 7) is 4.32. The van der Waals surface area contributed by atoms with Crippen LogP contribution in [0.5, 0.6) is 0 Å². The van der Waals surface area contributed by atoms with Gasteiger partial charge in [-0.25, -0.2) is 4.98 Å². The molecule has 19 heavy (non-hydrogen) atoms. The van der Waals surface area contributed by atoms with Crippen LogP contribution in [0.3, 0.4) is 0 Å². The molecule has 1 aromatic carbocycles. The van der Waals surface area contributed by atoms with Crippen LogP contribution in [0.15, 0.2) is 34.9 Å². The van der Waals surface area contributed by atoms with Crippen LogP contribution in [0.1, 0.15) is 37.6 Å². The first-order chi connectivity index (χ1) is 9.06. The van der Waals surface area contributed by atoms with Crippen LogP contribution >= 0.6 is 0 Å². The number of hydrogen-bond acceptors (Lipinski definition) is 3. The molecule has 0 bridgehead atoms. The number of carbonyl (C=O) groups is 1. The molecule has 1 aromatic heterocycles. The van der Waals surface area contributed by atoms with Gasteiger partial charge in [0.25, 0.3) is 0 Å². The number of carbonyl (C=O) groups excluding carboxylic acids is 1. The van der Waals surface area contributed by atoms with E-state index in [0.717, 1.165) is 11.3 Å². The van der Waals surface area contributed by atoms with Crippen molar-refractivity contribution in [2.24, 2.45) is 5.73 Å². The number of hydrogen-bond donors (Lipinski definition) is 1. The summed E-state index contributed by atoms with van der Waals surface area (Å²) in [6.07, 6.45) is 2.38. The van der Waals surface area contributed by atoms with Crippen molar-refractivity contribution in [1.82, 2.24) is 4.98 Å². The summed E-state index contributed by atoms with van der Waals surface area (Å²) in [5.41, 5.74) is 7.37. The number of rotatable bonds is 5. The number of benzene rings is 1. The Morgan fingerprint density at radius 1 is 1.32 bits per heavy atom. The number of nitrogens with two attached hydrogens (primary N) is 1. The Hall–Kier alpha value is -2.10. The van der Waals surface area contributed by atoms with Crippen molar-refractivity contribution in [3.05, 3.63) is 41.9 Å². The summed E-state index contributed by atoms with van der Waals surface area (Å²) < 4.78 is 5.60. The van der Waals surface area contributed by atoms with Crippen molar-refractivity contribution in [3.63, 3.8) is 0 Å². The van der Waals surface area contributed by atoms with E-state index in [-0.39, 0.29) is 12.3 Å². The van der Waals surface area contributed by atoms with Crippen LogP contribution in [0.25, 0.3) is 11.3 Å². The lowest BCUT2D eigenvalue weighted by Crippen LogP contribution is -2.11. The molecule has 0 fully saturated rings. The fourth-order valence-corrected chi connectivity index (χ4v) is 1.82. The highest BCUT2D eigenvalue weighted by atomic mass is 16.4. The predicted molar refractivity (Wildman–Crippen MR) is 73.5 cm³/mol. The molecule has 4 heteroatoms. The van der Waals surface area contributed by atoms with Gasteiger partial charge < -0.3 is 10.2 Å². The smallest absolute Gasteiger partial charge is 0.217 e.